The molecule has 5 nitrogen and oxygen atoms in total. The molecule has 2 aromatic rings. The summed E-state index contributed by atoms with van der Waals surface area (Å²) >= 11 is 0. The highest BCUT2D eigenvalue weighted by Gasteiger charge is 2.07. The number of ether oxygens (including phenoxy) is 1. The standard InChI is InChI=1S/C14H13N3O2/c1-10-7-16-14(18)17(8-10)9-12-5-11(6-15)3-4-13(12)19-2/h3-5,7-8H,9H2,1-2H3. The third-order valence-corrected chi connectivity index (χ3v) is 2.73. The van der Waals surface area contributed by atoms with E-state index in [2.05, 4.69) is 11.1 Å². The number of aromatic nitrogens is 2. The van der Waals surface area contributed by atoms with Gasteiger partial charge in [-0.25, -0.2) is 9.78 Å². The molecule has 5 heteroatoms. The minimum atomic E-state index is -0.324. The van der Waals surface area contributed by atoms with Crippen molar-refractivity contribution in [3.05, 3.63) is 57.8 Å². The van der Waals surface area contributed by atoms with Gasteiger partial charge in [-0.2, -0.15) is 5.26 Å². The van der Waals surface area contributed by atoms with Gasteiger partial charge in [-0.3, -0.25) is 4.57 Å². The number of aryl methyl sites for hydroxylation is 1. The van der Waals surface area contributed by atoms with Crippen molar-refractivity contribution in [3.8, 4) is 11.8 Å². The lowest BCUT2D eigenvalue weighted by Gasteiger charge is -2.10. The molecule has 0 fully saturated rings. The largest absolute Gasteiger partial charge is 0.496 e. The Kier molecular flexibility index (Phi) is 3.62. The second kappa shape index (κ2) is 5.36. The summed E-state index contributed by atoms with van der Waals surface area (Å²) in [5.74, 6) is 0.646. The quantitative estimate of drug-likeness (QED) is 0.833. The Labute approximate surface area is 110 Å². The lowest BCUT2D eigenvalue weighted by Crippen LogP contribution is -2.23. The first-order valence-electron chi connectivity index (χ1n) is 5.74. The Bertz CT molecular complexity index is 699. The van der Waals surface area contributed by atoms with E-state index in [0.29, 0.717) is 17.9 Å². The molecule has 0 aliphatic carbocycles. The average molecular weight is 255 g/mol. The number of hydrogen-bond donors (Lipinski definition) is 0. The third-order valence-electron chi connectivity index (χ3n) is 2.73. The molecule has 0 saturated carbocycles. The Morgan fingerprint density at radius 1 is 1.47 bits per heavy atom. The molecule has 2 rings (SSSR count). The smallest absolute Gasteiger partial charge is 0.347 e. The van der Waals surface area contributed by atoms with Gasteiger partial charge in [0.2, 0.25) is 0 Å². The van der Waals surface area contributed by atoms with Crippen LogP contribution in [0.2, 0.25) is 0 Å². The van der Waals surface area contributed by atoms with Crippen LogP contribution < -0.4 is 10.4 Å². The Hall–Kier alpha value is -2.61. The first kappa shape index (κ1) is 12.8. The van der Waals surface area contributed by atoms with E-state index in [0.717, 1.165) is 11.1 Å². The topological polar surface area (TPSA) is 67.9 Å². The molecule has 0 radical (unpaired) electrons. The van der Waals surface area contributed by atoms with Crippen molar-refractivity contribution in [2.24, 2.45) is 0 Å². The Morgan fingerprint density at radius 2 is 2.26 bits per heavy atom. The molecule has 19 heavy (non-hydrogen) atoms. The van der Waals surface area contributed by atoms with Crippen molar-refractivity contribution in [1.82, 2.24) is 9.55 Å². The van der Waals surface area contributed by atoms with Gasteiger partial charge < -0.3 is 4.74 Å². The first-order valence-corrected chi connectivity index (χ1v) is 5.74. The molecule has 0 aliphatic rings. The molecule has 0 unspecified atom stereocenters. The van der Waals surface area contributed by atoms with Crippen LogP contribution in [0.3, 0.4) is 0 Å². The maximum Gasteiger partial charge on any atom is 0.347 e. The Morgan fingerprint density at radius 3 is 2.95 bits per heavy atom. The molecule has 0 atom stereocenters. The lowest BCUT2D eigenvalue weighted by molar-refractivity contribution is 0.408. The summed E-state index contributed by atoms with van der Waals surface area (Å²) in [6.45, 7) is 2.19. The number of methoxy groups -OCH3 is 1. The van der Waals surface area contributed by atoms with Crippen LogP contribution in [0.15, 0.2) is 35.4 Å². The summed E-state index contributed by atoms with van der Waals surface area (Å²) in [7, 11) is 1.56. The van der Waals surface area contributed by atoms with Gasteiger partial charge in [0.05, 0.1) is 25.3 Å². The van der Waals surface area contributed by atoms with Crippen molar-refractivity contribution < 1.29 is 4.74 Å². The predicted molar refractivity (Wildman–Crippen MR) is 70.0 cm³/mol. The normalized spacial score (nSPS) is 9.95. The number of nitriles is 1. The molecule has 0 saturated heterocycles. The first-order chi connectivity index (χ1) is 9.13. The maximum atomic E-state index is 11.7. The summed E-state index contributed by atoms with van der Waals surface area (Å²) < 4.78 is 6.74. The predicted octanol–water partition coefficient (Wildman–Crippen LogP) is 1.48. The molecule has 1 aromatic carbocycles. The van der Waals surface area contributed by atoms with E-state index in [9.17, 15) is 4.79 Å². The molecule has 1 heterocycles. The number of rotatable bonds is 3. The molecule has 0 amide bonds. The van der Waals surface area contributed by atoms with E-state index < -0.39 is 0 Å². The second-order valence-corrected chi connectivity index (χ2v) is 4.18. The van der Waals surface area contributed by atoms with Crippen molar-refractivity contribution >= 4 is 0 Å². The minimum absolute atomic E-state index is 0.324. The molecular weight excluding hydrogens is 242 g/mol. The Balaban J connectivity index is 2.45. The molecule has 0 aliphatic heterocycles. The van der Waals surface area contributed by atoms with Crippen LogP contribution in [0, 0.1) is 18.3 Å². The molecular formula is C14H13N3O2. The summed E-state index contributed by atoms with van der Waals surface area (Å²) in [6, 6.07) is 7.19. The molecule has 1 aromatic heterocycles. The van der Waals surface area contributed by atoms with Gasteiger partial charge >= 0.3 is 5.69 Å². The van der Waals surface area contributed by atoms with Crippen LogP contribution in [0.25, 0.3) is 0 Å². The van der Waals surface area contributed by atoms with Gasteiger partial charge in [-0.15, -0.1) is 0 Å². The molecule has 0 spiro atoms. The fourth-order valence-electron chi connectivity index (χ4n) is 1.83. The van der Waals surface area contributed by atoms with Crippen molar-refractivity contribution in [2.75, 3.05) is 7.11 Å². The summed E-state index contributed by atoms with van der Waals surface area (Å²) in [5.41, 5.74) is 1.88. The van der Waals surface area contributed by atoms with Crippen LogP contribution in [0.5, 0.6) is 5.75 Å². The molecule has 0 N–H and O–H groups in total. The van der Waals surface area contributed by atoms with Gasteiger partial charge in [0.1, 0.15) is 5.75 Å². The van der Waals surface area contributed by atoms with E-state index in [1.54, 1.807) is 31.5 Å². The maximum absolute atomic E-state index is 11.7. The summed E-state index contributed by atoms with van der Waals surface area (Å²) in [5, 5.41) is 8.92. The second-order valence-electron chi connectivity index (χ2n) is 4.18. The van der Waals surface area contributed by atoms with Crippen LogP contribution in [-0.2, 0) is 6.54 Å². The fraction of sp³-hybridized carbons (Fsp3) is 0.214. The monoisotopic (exact) mass is 255 g/mol. The van der Waals surface area contributed by atoms with Crippen molar-refractivity contribution in [3.63, 3.8) is 0 Å². The van der Waals surface area contributed by atoms with Gasteiger partial charge in [0.25, 0.3) is 0 Å². The number of hydrogen-bond acceptors (Lipinski definition) is 4. The van der Waals surface area contributed by atoms with Crippen molar-refractivity contribution in [2.45, 2.75) is 13.5 Å². The van der Waals surface area contributed by atoms with Gasteiger partial charge in [0, 0.05) is 18.0 Å². The molecule has 0 bridgehead atoms. The zero-order valence-electron chi connectivity index (χ0n) is 10.8. The van der Waals surface area contributed by atoms with Crippen LogP contribution in [-0.4, -0.2) is 16.7 Å². The van der Waals surface area contributed by atoms with E-state index in [4.69, 9.17) is 10.00 Å². The van der Waals surface area contributed by atoms with E-state index >= 15 is 0 Å². The summed E-state index contributed by atoms with van der Waals surface area (Å²) in [6.07, 6.45) is 3.26. The summed E-state index contributed by atoms with van der Waals surface area (Å²) in [4.78, 5) is 15.5. The lowest BCUT2D eigenvalue weighted by atomic mass is 10.1. The van der Waals surface area contributed by atoms with Crippen LogP contribution >= 0.6 is 0 Å². The highest BCUT2D eigenvalue weighted by Crippen LogP contribution is 2.20. The average Bonchev–Trinajstić information content (AvgIpc) is 2.42. The zero-order valence-corrected chi connectivity index (χ0v) is 10.8. The number of nitrogens with zero attached hydrogens (tertiary/aromatic N) is 3. The fourth-order valence-corrected chi connectivity index (χ4v) is 1.83. The van der Waals surface area contributed by atoms with Gasteiger partial charge in [-0.05, 0) is 30.7 Å². The van der Waals surface area contributed by atoms with Crippen LogP contribution in [0.4, 0.5) is 0 Å². The van der Waals surface area contributed by atoms with E-state index in [-0.39, 0.29) is 5.69 Å². The van der Waals surface area contributed by atoms with E-state index in [1.807, 2.05) is 6.92 Å². The van der Waals surface area contributed by atoms with Gasteiger partial charge in [0.15, 0.2) is 0 Å². The highest BCUT2D eigenvalue weighted by molar-refractivity contribution is 5.42. The zero-order chi connectivity index (χ0) is 13.8. The van der Waals surface area contributed by atoms with E-state index in [1.165, 1.54) is 10.8 Å². The van der Waals surface area contributed by atoms with Crippen LogP contribution in [0.1, 0.15) is 16.7 Å². The SMILES string of the molecule is COc1ccc(C#N)cc1Cn1cc(C)cnc1=O. The third kappa shape index (κ3) is 2.80. The minimum Gasteiger partial charge on any atom is -0.496 e. The number of benzene rings is 1. The highest BCUT2D eigenvalue weighted by atomic mass is 16.5. The van der Waals surface area contributed by atoms with Gasteiger partial charge in [-0.1, -0.05) is 0 Å². The van der Waals surface area contributed by atoms with Crippen molar-refractivity contribution in [1.29, 1.82) is 5.26 Å². The molecule has 96 valence electrons.